The number of nitrogens with zero attached hydrogens (tertiary/aromatic N) is 4. The fourth-order valence-electron chi connectivity index (χ4n) is 3.40. The van der Waals surface area contributed by atoms with Crippen LogP contribution < -0.4 is 5.56 Å². The van der Waals surface area contributed by atoms with Crippen LogP contribution in [0.4, 0.5) is 4.39 Å². The van der Waals surface area contributed by atoms with Crippen molar-refractivity contribution in [3.63, 3.8) is 0 Å². The maximum absolute atomic E-state index is 13.4. The Morgan fingerprint density at radius 3 is 2.47 bits per heavy atom. The monoisotopic (exact) mass is 406 g/mol. The number of benzene rings is 2. The van der Waals surface area contributed by atoms with Crippen molar-refractivity contribution in [3.05, 3.63) is 87.5 Å². The van der Waals surface area contributed by atoms with Crippen LogP contribution >= 0.6 is 0 Å². The van der Waals surface area contributed by atoms with E-state index in [4.69, 9.17) is 4.74 Å². The van der Waals surface area contributed by atoms with Crippen molar-refractivity contribution >= 4 is 16.9 Å². The Hall–Kier alpha value is -3.81. The van der Waals surface area contributed by atoms with Crippen molar-refractivity contribution < 1.29 is 13.9 Å². The number of fused-ring (bicyclic) bond motifs is 1. The fraction of sp³-hybridized carbons (Fsp3) is 0.182. The molecule has 0 atom stereocenters. The van der Waals surface area contributed by atoms with E-state index in [0.717, 1.165) is 0 Å². The molecule has 2 aromatic heterocycles. The molecule has 152 valence electrons. The second kappa shape index (κ2) is 7.55. The van der Waals surface area contributed by atoms with Crippen molar-refractivity contribution in [3.8, 4) is 5.69 Å². The molecule has 0 unspecified atom stereocenters. The standard InChI is InChI=1S/C22H19FN4O3/c1-13-20(14(2)26(3)25-13)22(29)30-12-19-24-18-7-5-4-6-17(18)21(28)27(19)16-10-8-15(23)9-11-16/h4-11H,12H2,1-3H3. The minimum Gasteiger partial charge on any atom is -0.454 e. The Balaban J connectivity index is 1.77. The lowest BCUT2D eigenvalue weighted by atomic mass is 10.2. The maximum atomic E-state index is 13.4. The Labute approximate surface area is 171 Å². The normalized spacial score (nSPS) is 11.1. The zero-order valence-corrected chi connectivity index (χ0v) is 16.7. The summed E-state index contributed by atoms with van der Waals surface area (Å²) in [5.74, 6) is -0.736. The highest BCUT2D eigenvalue weighted by Gasteiger charge is 2.20. The lowest BCUT2D eigenvalue weighted by Gasteiger charge is -2.14. The molecule has 0 aliphatic rings. The zero-order chi connectivity index (χ0) is 21.4. The second-order valence-electron chi connectivity index (χ2n) is 6.91. The first-order valence-electron chi connectivity index (χ1n) is 9.30. The zero-order valence-electron chi connectivity index (χ0n) is 16.7. The Morgan fingerprint density at radius 2 is 1.80 bits per heavy atom. The smallest absolute Gasteiger partial charge is 0.342 e. The largest absolute Gasteiger partial charge is 0.454 e. The third kappa shape index (κ3) is 3.36. The predicted molar refractivity (Wildman–Crippen MR) is 109 cm³/mol. The molecule has 0 radical (unpaired) electrons. The van der Waals surface area contributed by atoms with E-state index in [1.165, 1.54) is 28.8 Å². The van der Waals surface area contributed by atoms with Crippen LogP contribution in [0.2, 0.25) is 0 Å². The van der Waals surface area contributed by atoms with Gasteiger partial charge in [0.15, 0.2) is 5.82 Å². The number of hydrogen-bond donors (Lipinski definition) is 0. The fourth-order valence-corrected chi connectivity index (χ4v) is 3.40. The first-order chi connectivity index (χ1) is 14.4. The quantitative estimate of drug-likeness (QED) is 0.486. The molecular weight excluding hydrogens is 387 g/mol. The summed E-state index contributed by atoms with van der Waals surface area (Å²) in [6.07, 6.45) is 0. The minimum atomic E-state index is -0.550. The van der Waals surface area contributed by atoms with Crippen LogP contribution in [0.3, 0.4) is 0 Å². The van der Waals surface area contributed by atoms with Gasteiger partial charge < -0.3 is 4.74 Å². The van der Waals surface area contributed by atoms with Crippen LogP contribution in [0.25, 0.3) is 16.6 Å². The molecular formula is C22H19FN4O3. The molecule has 0 spiro atoms. The molecule has 7 nitrogen and oxygen atoms in total. The van der Waals surface area contributed by atoms with Gasteiger partial charge in [0.05, 0.1) is 22.3 Å². The number of hydrogen-bond acceptors (Lipinski definition) is 5. The van der Waals surface area contributed by atoms with Crippen molar-refractivity contribution in [2.24, 2.45) is 7.05 Å². The summed E-state index contributed by atoms with van der Waals surface area (Å²) < 4.78 is 21.8. The highest BCUT2D eigenvalue weighted by Crippen LogP contribution is 2.17. The predicted octanol–water partition coefficient (Wildman–Crippen LogP) is 3.23. The van der Waals surface area contributed by atoms with Gasteiger partial charge in [-0.1, -0.05) is 12.1 Å². The van der Waals surface area contributed by atoms with E-state index in [0.29, 0.717) is 33.5 Å². The van der Waals surface area contributed by atoms with Gasteiger partial charge in [0.1, 0.15) is 18.0 Å². The van der Waals surface area contributed by atoms with E-state index in [-0.39, 0.29) is 18.0 Å². The lowest BCUT2D eigenvalue weighted by Crippen LogP contribution is -2.25. The van der Waals surface area contributed by atoms with Gasteiger partial charge in [0.2, 0.25) is 0 Å². The van der Waals surface area contributed by atoms with Crippen molar-refractivity contribution in [2.45, 2.75) is 20.5 Å². The number of esters is 1. The van der Waals surface area contributed by atoms with Crippen LogP contribution in [-0.2, 0) is 18.4 Å². The maximum Gasteiger partial charge on any atom is 0.342 e. The average Bonchev–Trinajstić information content (AvgIpc) is 2.99. The lowest BCUT2D eigenvalue weighted by molar-refractivity contribution is 0.0457. The highest BCUT2D eigenvalue weighted by atomic mass is 19.1. The Kier molecular flexibility index (Phi) is 4.91. The van der Waals surface area contributed by atoms with E-state index < -0.39 is 11.8 Å². The van der Waals surface area contributed by atoms with Gasteiger partial charge in [-0.15, -0.1) is 0 Å². The van der Waals surface area contributed by atoms with Gasteiger partial charge in [0.25, 0.3) is 5.56 Å². The third-order valence-electron chi connectivity index (χ3n) is 4.98. The Morgan fingerprint density at radius 1 is 1.10 bits per heavy atom. The molecule has 4 aromatic rings. The summed E-state index contributed by atoms with van der Waals surface area (Å²) in [5.41, 5.74) is 2.21. The summed E-state index contributed by atoms with van der Waals surface area (Å²) in [5, 5.41) is 4.64. The number of aryl methyl sites for hydroxylation is 2. The number of halogens is 1. The topological polar surface area (TPSA) is 79.0 Å². The number of carbonyl (C=O) groups is 1. The van der Waals surface area contributed by atoms with Gasteiger partial charge in [-0.2, -0.15) is 5.10 Å². The third-order valence-corrected chi connectivity index (χ3v) is 4.98. The molecule has 4 rings (SSSR count). The molecule has 2 aromatic carbocycles. The van der Waals surface area contributed by atoms with Crippen LogP contribution in [0.5, 0.6) is 0 Å². The molecule has 2 heterocycles. The van der Waals surface area contributed by atoms with Crippen LogP contribution in [0.15, 0.2) is 53.3 Å². The summed E-state index contributed by atoms with van der Waals surface area (Å²) in [4.78, 5) is 30.3. The molecule has 0 saturated heterocycles. The molecule has 8 heteroatoms. The highest BCUT2D eigenvalue weighted by molar-refractivity contribution is 5.91. The summed E-state index contributed by atoms with van der Waals surface area (Å²) >= 11 is 0. The average molecular weight is 406 g/mol. The van der Waals surface area contributed by atoms with Gasteiger partial charge >= 0.3 is 5.97 Å². The van der Waals surface area contributed by atoms with Gasteiger partial charge in [-0.25, -0.2) is 14.2 Å². The summed E-state index contributed by atoms with van der Waals surface area (Å²) in [6.45, 7) is 3.27. The van der Waals surface area contributed by atoms with E-state index >= 15 is 0 Å². The summed E-state index contributed by atoms with van der Waals surface area (Å²) in [6, 6.07) is 12.4. The SMILES string of the molecule is Cc1nn(C)c(C)c1C(=O)OCc1nc2ccccc2c(=O)n1-c1ccc(F)cc1. The number of rotatable bonds is 4. The number of para-hydroxylation sites is 1. The number of carbonyl (C=O) groups excluding carboxylic acids is 1. The van der Waals surface area contributed by atoms with E-state index in [1.54, 1.807) is 49.8 Å². The molecule has 0 aliphatic carbocycles. The molecule has 0 saturated carbocycles. The minimum absolute atomic E-state index is 0.232. The first-order valence-corrected chi connectivity index (χ1v) is 9.30. The second-order valence-corrected chi connectivity index (χ2v) is 6.91. The van der Waals surface area contributed by atoms with Crippen LogP contribution in [0.1, 0.15) is 27.6 Å². The number of ether oxygens (including phenoxy) is 1. The number of aromatic nitrogens is 4. The Bertz CT molecular complexity index is 1320. The molecule has 30 heavy (non-hydrogen) atoms. The molecule has 0 fully saturated rings. The first kappa shape index (κ1) is 19.5. The molecule has 0 N–H and O–H groups in total. The van der Waals surface area contributed by atoms with E-state index in [1.807, 2.05) is 0 Å². The van der Waals surface area contributed by atoms with Crippen LogP contribution in [0, 0.1) is 19.7 Å². The van der Waals surface area contributed by atoms with Crippen LogP contribution in [-0.4, -0.2) is 25.3 Å². The molecule has 0 amide bonds. The molecule has 0 aliphatic heterocycles. The summed E-state index contributed by atoms with van der Waals surface area (Å²) in [7, 11) is 1.75. The van der Waals surface area contributed by atoms with Gasteiger partial charge in [-0.3, -0.25) is 14.0 Å². The van der Waals surface area contributed by atoms with Crippen molar-refractivity contribution in [1.29, 1.82) is 0 Å². The van der Waals surface area contributed by atoms with Crippen molar-refractivity contribution in [1.82, 2.24) is 19.3 Å². The van der Waals surface area contributed by atoms with Gasteiger partial charge in [-0.05, 0) is 50.2 Å². The van der Waals surface area contributed by atoms with E-state index in [9.17, 15) is 14.0 Å². The van der Waals surface area contributed by atoms with E-state index in [2.05, 4.69) is 10.1 Å². The molecule has 0 bridgehead atoms. The van der Waals surface area contributed by atoms with Crippen molar-refractivity contribution in [2.75, 3.05) is 0 Å². The van der Waals surface area contributed by atoms with Gasteiger partial charge in [0, 0.05) is 12.7 Å².